The van der Waals surface area contributed by atoms with Gasteiger partial charge in [-0.25, -0.2) is 14.6 Å². The standard InChI is InChI=1S/C19H13NO6/c21-16-6-2-10(7-17(16)22)1-3-12-4-5-13-14(19(25)26)8-11(18(23)24)9-15(13)20-12/h1-9,21-22H,(H,23,24)(H,25,26)/b3-1+. The van der Waals surface area contributed by atoms with Crippen molar-refractivity contribution in [2.75, 3.05) is 0 Å². The van der Waals surface area contributed by atoms with Crippen LogP contribution in [0.4, 0.5) is 0 Å². The fourth-order valence-electron chi connectivity index (χ4n) is 2.47. The second-order valence-electron chi connectivity index (χ2n) is 5.52. The van der Waals surface area contributed by atoms with Gasteiger partial charge in [0.1, 0.15) is 0 Å². The number of aromatic nitrogens is 1. The summed E-state index contributed by atoms with van der Waals surface area (Å²) in [4.78, 5) is 26.9. The SMILES string of the molecule is O=C(O)c1cc(C(=O)O)c2ccc(/C=C/c3ccc(O)c(O)c3)nc2c1. The molecular weight excluding hydrogens is 338 g/mol. The van der Waals surface area contributed by atoms with E-state index in [4.69, 9.17) is 5.11 Å². The molecule has 0 aliphatic carbocycles. The van der Waals surface area contributed by atoms with E-state index >= 15 is 0 Å². The van der Waals surface area contributed by atoms with Crippen LogP contribution >= 0.6 is 0 Å². The van der Waals surface area contributed by atoms with Gasteiger partial charge in [0.2, 0.25) is 0 Å². The van der Waals surface area contributed by atoms with Crippen LogP contribution in [0.3, 0.4) is 0 Å². The highest BCUT2D eigenvalue weighted by atomic mass is 16.4. The minimum absolute atomic E-state index is 0.133. The highest BCUT2D eigenvalue weighted by Gasteiger charge is 2.14. The third kappa shape index (κ3) is 3.32. The number of phenols is 2. The van der Waals surface area contributed by atoms with Crippen molar-refractivity contribution in [1.82, 2.24) is 4.98 Å². The molecular formula is C19H13NO6. The highest BCUT2D eigenvalue weighted by molar-refractivity contribution is 6.06. The zero-order chi connectivity index (χ0) is 18.8. The van der Waals surface area contributed by atoms with Crippen molar-refractivity contribution >= 4 is 35.0 Å². The summed E-state index contributed by atoms with van der Waals surface area (Å²) in [7, 11) is 0. The summed E-state index contributed by atoms with van der Waals surface area (Å²) in [6, 6.07) is 9.89. The maximum absolute atomic E-state index is 11.4. The summed E-state index contributed by atoms with van der Waals surface area (Å²) < 4.78 is 0. The summed E-state index contributed by atoms with van der Waals surface area (Å²) in [5.74, 6) is -2.95. The molecule has 1 heterocycles. The maximum Gasteiger partial charge on any atom is 0.336 e. The molecule has 0 atom stereocenters. The summed E-state index contributed by atoms with van der Waals surface area (Å²) in [6.07, 6.45) is 3.27. The maximum atomic E-state index is 11.4. The number of phenolic OH excluding ortho intramolecular Hbond substituents is 2. The van der Waals surface area contributed by atoms with Gasteiger partial charge in [0.05, 0.1) is 22.3 Å². The second-order valence-corrected chi connectivity index (χ2v) is 5.52. The molecule has 3 rings (SSSR count). The molecule has 0 aliphatic rings. The number of nitrogens with zero attached hydrogens (tertiary/aromatic N) is 1. The van der Waals surface area contributed by atoms with Crippen LogP contribution in [-0.2, 0) is 0 Å². The van der Waals surface area contributed by atoms with Gasteiger partial charge < -0.3 is 20.4 Å². The van der Waals surface area contributed by atoms with Crippen LogP contribution in [0.1, 0.15) is 32.0 Å². The summed E-state index contributed by atoms with van der Waals surface area (Å²) >= 11 is 0. The quantitative estimate of drug-likeness (QED) is 0.531. The van der Waals surface area contributed by atoms with Crippen LogP contribution in [-0.4, -0.2) is 37.3 Å². The smallest absolute Gasteiger partial charge is 0.336 e. The number of pyridine rings is 1. The first kappa shape index (κ1) is 17.0. The van der Waals surface area contributed by atoms with Gasteiger partial charge in [0.25, 0.3) is 0 Å². The Bertz CT molecular complexity index is 1070. The lowest BCUT2D eigenvalue weighted by Gasteiger charge is -2.05. The first-order valence-electron chi connectivity index (χ1n) is 7.46. The number of rotatable bonds is 4. The van der Waals surface area contributed by atoms with Crippen molar-refractivity contribution in [2.24, 2.45) is 0 Å². The van der Waals surface area contributed by atoms with Crippen LogP contribution in [0.15, 0.2) is 42.5 Å². The van der Waals surface area contributed by atoms with Crippen LogP contribution in [0, 0.1) is 0 Å². The number of aromatic hydroxyl groups is 2. The predicted molar refractivity (Wildman–Crippen MR) is 94.4 cm³/mol. The zero-order valence-corrected chi connectivity index (χ0v) is 13.2. The normalized spacial score (nSPS) is 11.1. The zero-order valence-electron chi connectivity index (χ0n) is 13.2. The molecule has 1 aromatic heterocycles. The van der Waals surface area contributed by atoms with Crippen LogP contribution < -0.4 is 0 Å². The Kier molecular flexibility index (Phi) is 4.28. The number of aromatic carboxylic acids is 2. The summed E-state index contributed by atoms with van der Waals surface area (Å²) in [5.41, 5.74) is 1.05. The average molecular weight is 351 g/mol. The molecule has 7 nitrogen and oxygen atoms in total. The second kappa shape index (κ2) is 6.56. The molecule has 0 unspecified atom stereocenters. The van der Waals surface area contributed by atoms with Gasteiger partial charge >= 0.3 is 11.9 Å². The van der Waals surface area contributed by atoms with Crippen molar-refractivity contribution in [3.05, 3.63) is 64.8 Å². The molecule has 0 fully saturated rings. The van der Waals surface area contributed by atoms with Gasteiger partial charge in [-0.3, -0.25) is 0 Å². The molecule has 3 aromatic rings. The Hall–Kier alpha value is -3.87. The number of benzene rings is 2. The van der Waals surface area contributed by atoms with E-state index in [1.165, 1.54) is 18.2 Å². The number of carboxylic acids is 2. The van der Waals surface area contributed by atoms with Crippen molar-refractivity contribution in [3.63, 3.8) is 0 Å². The van der Waals surface area contributed by atoms with E-state index in [0.29, 0.717) is 16.6 Å². The third-order valence-electron chi connectivity index (χ3n) is 3.75. The number of hydrogen-bond donors (Lipinski definition) is 4. The molecule has 7 heteroatoms. The van der Waals surface area contributed by atoms with E-state index in [1.807, 2.05) is 0 Å². The van der Waals surface area contributed by atoms with E-state index in [-0.39, 0.29) is 28.1 Å². The Morgan fingerprint density at radius 1 is 0.846 bits per heavy atom. The summed E-state index contributed by atoms with van der Waals surface area (Å²) in [6.45, 7) is 0. The van der Waals surface area contributed by atoms with Gasteiger partial charge in [0, 0.05) is 5.39 Å². The van der Waals surface area contributed by atoms with Crippen molar-refractivity contribution in [2.45, 2.75) is 0 Å². The van der Waals surface area contributed by atoms with E-state index in [2.05, 4.69) is 4.98 Å². The monoisotopic (exact) mass is 351 g/mol. The predicted octanol–water partition coefficient (Wildman–Crippen LogP) is 3.21. The first-order valence-corrected chi connectivity index (χ1v) is 7.46. The Morgan fingerprint density at radius 3 is 2.27 bits per heavy atom. The molecule has 4 N–H and O–H groups in total. The van der Waals surface area contributed by atoms with Gasteiger partial charge in [0.15, 0.2) is 11.5 Å². The molecule has 130 valence electrons. The van der Waals surface area contributed by atoms with Crippen LogP contribution in [0.2, 0.25) is 0 Å². The molecule has 0 radical (unpaired) electrons. The third-order valence-corrected chi connectivity index (χ3v) is 3.75. The lowest BCUT2D eigenvalue weighted by Crippen LogP contribution is -2.04. The minimum Gasteiger partial charge on any atom is -0.504 e. The van der Waals surface area contributed by atoms with E-state index in [1.54, 1.807) is 30.4 Å². The molecule has 0 bridgehead atoms. The molecule has 2 aromatic carbocycles. The minimum atomic E-state index is -1.24. The van der Waals surface area contributed by atoms with E-state index < -0.39 is 11.9 Å². The first-order chi connectivity index (χ1) is 12.3. The Labute approximate surface area is 147 Å². The van der Waals surface area contributed by atoms with Crippen molar-refractivity contribution in [1.29, 1.82) is 0 Å². The highest BCUT2D eigenvalue weighted by Crippen LogP contribution is 2.26. The lowest BCUT2D eigenvalue weighted by molar-refractivity contribution is 0.0696. The Morgan fingerprint density at radius 2 is 1.62 bits per heavy atom. The topological polar surface area (TPSA) is 128 Å². The Balaban J connectivity index is 2.05. The number of carbonyl (C=O) groups is 2. The van der Waals surface area contributed by atoms with Crippen molar-refractivity contribution < 1.29 is 30.0 Å². The average Bonchev–Trinajstić information content (AvgIpc) is 2.61. The van der Waals surface area contributed by atoms with Gasteiger partial charge in [-0.2, -0.15) is 0 Å². The van der Waals surface area contributed by atoms with E-state index in [0.717, 1.165) is 6.07 Å². The van der Waals surface area contributed by atoms with Crippen LogP contribution in [0.25, 0.3) is 23.1 Å². The van der Waals surface area contributed by atoms with Gasteiger partial charge in [-0.05, 0) is 48.0 Å². The lowest BCUT2D eigenvalue weighted by atomic mass is 10.0. The largest absolute Gasteiger partial charge is 0.504 e. The molecule has 0 saturated heterocycles. The van der Waals surface area contributed by atoms with Gasteiger partial charge in [-0.1, -0.05) is 12.1 Å². The molecule has 0 amide bonds. The van der Waals surface area contributed by atoms with Crippen molar-refractivity contribution in [3.8, 4) is 11.5 Å². The van der Waals surface area contributed by atoms with Crippen LogP contribution in [0.5, 0.6) is 11.5 Å². The molecule has 0 saturated carbocycles. The fourth-order valence-corrected chi connectivity index (χ4v) is 2.47. The molecule has 0 aliphatic heterocycles. The molecule has 26 heavy (non-hydrogen) atoms. The van der Waals surface area contributed by atoms with Gasteiger partial charge in [-0.15, -0.1) is 0 Å². The molecule has 0 spiro atoms. The summed E-state index contributed by atoms with van der Waals surface area (Å²) in [5, 5.41) is 37.6. The fraction of sp³-hybridized carbons (Fsp3) is 0. The number of hydrogen-bond acceptors (Lipinski definition) is 5. The van der Waals surface area contributed by atoms with E-state index in [9.17, 15) is 24.9 Å². The number of carboxylic acid groups (broad SMARTS) is 2. The number of fused-ring (bicyclic) bond motifs is 1.